The van der Waals surface area contributed by atoms with Crippen LogP contribution in [0.15, 0.2) is 24.4 Å². The van der Waals surface area contributed by atoms with E-state index in [1.165, 1.54) is 11.0 Å². The van der Waals surface area contributed by atoms with Crippen molar-refractivity contribution in [3.05, 3.63) is 30.2 Å². The fourth-order valence-corrected chi connectivity index (χ4v) is 5.26. The minimum absolute atomic E-state index is 0.0433. The van der Waals surface area contributed by atoms with E-state index in [0.29, 0.717) is 19.7 Å². The predicted octanol–water partition coefficient (Wildman–Crippen LogP) is 3.96. The number of hydrogen-bond acceptors (Lipinski definition) is 5. The predicted molar refractivity (Wildman–Crippen MR) is 127 cm³/mol. The zero-order chi connectivity index (χ0) is 25.0. The Labute approximate surface area is 203 Å². The largest absolute Gasteiger partial charge is 0.444 e. The number of amides is 4. The Balaban J connectivity index is 1.29. The first-order valence-electron chi connectivity index (χ1n) is 12.1. The summed E-state index contributed by atoms with van der Waals surface area (Å²) < 4.78 is 28.9. The van der Waals surface area contributed by atoms with Crippen LogP contribution in [-0.4, -0.2) is 64.9 Å². The summed E-state index contributed by atoms with van der Waals surface area (Å²) in [6.45, 7) is 7.38. The Hall–Kier alpha value is -3.14. The molecular weight excluding hydrogens is 455 g/mol. The Morgan fingerprint density at radius 1 is 1.20 bits per heavy atom. The maximum absolute atomic E-state index is 15.1. The molecule has 4 heterocycles. The van der Waals surface area contributed by atoms with Crippen LogP contribution in [0.2, 0.25) is 0 Å². The molecule has 0 radical (unpaired) electrons. The van der Waals surface area contributed by atoms with Crippen molar-refractivity contribution in [2.24, 2.45) is 0 Å². The second kappa shape index (κ2) is 8.51. The number of imide groups is 1. The molecule has 0 aliphatic carbocycles. The highest BCUT2D eigenvalue weighted by Crippen LogP contribution is 2.42. The van der Waals surface area contributed by atoms with E-state index in [2.05, 4.69) is 5.32 Å². The van der Waals surface area contributed by atoms with Gasteiger partial charge in [-0.3, -0.25) is 15.0 Å². The first-order valence-corrected chi connectivity index (χ1v) is 12.1. The molecule has 1 spiro atoms. The van der Waals surface area contributed by atoms with Crippen LogP contribution in [0, 0.1) is 5.82 Å². The van der Waals surface area contributed by atoms with Gasteiger partial charge in [0.2, 0.25) is 5.91 Å². The standard InChI is InChI=1S/C25H31FN4O5/c1-24(2,3)35-23(33)28-10-6-25(7-11-28)14-17(15-34-25)29-8-4-16-12-20(18(26)13-19(16)29)30-9-5-21(31)27-22(30)32/h4,8,12-13,17H,5-7,9-11,14-15H2,1-3H3,(H,27,31,32)/t17-/m1/s1. The Morgan fingerprint density at radius 3 is 2.63 bits per heavy atom. The molecule has 1 aromatic heterocycles. The quantitative estimate of drug-likeness (QED) is 0.694. The highest BCUT2D eigenvalue weighted by atomic mass is 19.1. The number of urea groups is 1. The first kappa shape index (κ1) is 23.6. The van der Waals surface area contributed by atoms with Gasteiger partial charge in [0, 0.05) is 43.7 Å². The summed E-state index contributed by atoms with van der Waals surface area (Å²) in [4.78, 5) is 39.0. The van der Waals surface area contributed by atoms with Crippen molar-refractivity contribution < 1.29 is 28.2 Å². The van der Waals surface area contributed by atoms with Crippen molar-refractivity contribution in [2.45, 2.75) is 63.7 Å². The summed E-state index contributed by atoms with van der Waals surface area (Å²) in [7, 11) is 0. The van der Waals surface area contributed by atoms with Gasteiger partial charge in [0.05, 0.1) is 29.5 Å². The topological polar surface area (TPSA) is 93.1 Å². The smallest absolute Gasteiger partial charge is 0.410 e. The summed E-state index contributed by atoms with van der Waals surface area (Å²) in [6, 6.07) is 4.44. The molecule has 9 nitrogen and oxygen atoms in total. The van der Waals surface area contributed by atoms with Gasteiger partial charge in [-0.25, -0.2) is 14.0 Å². The van der Waals surface area contributed by atoms with Crippen LogP contribution in [0.3, 0.4) is 0 Å². The van der Waals surface area contributed by atoms with Gasteiger partial charge in [-0.1, -0.05) is 0 Å². The maximum Gasteiger partial charge on any atom is 0.410 e. The number of anilines is 1. The van der Waals surface area contributed by atoms with Gasteiger partial charge >= 0.3 is 12.1 Å². The van der Waals surface area contributed by atoms with Gasteiger partial charge in [-0.2, -0.15) is 0 Å². The van der Waals surface area contributed by atoms with Crippen molar-refractivity contribution in [2.75, 3.05) is 31.1 Å². The minimum atomic E-state index is -0.609. The van der Waals surface area contributed by atoms with E-state index in [4.69, 9.17) is 9.47 Å². The number of likely N-dealkylation sites (tertiary alicyclic amines) is 1. The zero-order valence-corrected chi connectivity index (χ0v) is 20.3. The lowest BCUT2D eigenvalue weighted by Gasteiger charge is -2.39. The third kappa shape index (κ3) is 4.59. The Kier molecular flexibility index (Phi) is 5.74. The lowest BCUT2D eigenvalue weighted by molar-refractivity contribution is -0.120. The monoisotopic (exact) mass is 486 g/mol. The Morgan fingerprint density at radius 2 is 1.94 bits per heavy atom. The van der Waals surface area contributed by atoms with E-state index in [1.54, 1.807) is 11.0 Å². The number of ether oxygens (including phenoxy) is 2. The van der Waals surface area contributed by atoms with E-state index >= 15 is 4.39 Å². The molecule has 5 rings (SSSR count). The van der Waals surface area contributed by atoms with Crippen LogP contribution in [-0.2, 0) is 14.3 Å². The summed E-state index contributed by atoms with van der Waals surface area (Å²) >= 11 is 0. The number of piperidine rings is 1. The number of rotatable bonds is 2. The molecule has 3 saturated heterocycles. The first-order chi connectivity index (χ1) is 16.5. The third-order valence-electron chi connectivity index (χ3n) is 7.04. The second-order valence-electron chi connectivity index (χ2n) is 10.7. The maximum atomic E-state index is 15.1. The van der Waals surface area contributed by atoms with Gasteiger partial charge in [0.15, 0.2) is 0 Å². The Bertz CT molecular complexity index is 1180. The molecule has 1 N–H and O–H groups in total. The molecule has 1 atom stereocenters. The van der Waals surface area contributed by atoms with E-state index in [-0.39, 0.29) is 42.3 Å². The molecule has 3 aliphatic rings. The SMILES string of the molecule is CC(C)(C)OC(=O)N1CCC2(CC1)C[C@@H](n1ccc3cc(N4CCC(=O)NC4=O)c(F)cc31)CO2. The van der Waals surface area contributed by atoms with E-state index in [1.807, 2.05) is 37.6 Å². The van der Waals surface area contributed by atoms with Crippen LogP contribution in [0.1, 0.15) is 52.5 Å². The average molecular weight is 487 g/mol. The minimum Gasteiger partial charge on any atom is -0.444 e. The van der Waals surface area contributed by atoms with Crippen LogP contribution in [0.5, 0.6) is 0 Å². The number of aromatic nitrogens is 1. The van der Waals surface area contributed by atoms with Crippen LogP contribution in [0.4, 0.5) is 19.7 Å². The number of nitrogens with one attached hydrogen (secondary N) is 1. The number of carbonyl (C=O) groups is 3. The summed E-state index contributed by atoms with van der Waals surface area (Å²) in [5.74, 6) is -0.868. The van der Waals surface area contributed by atoms with Gasteiger partial charge in [0.25, 0.3) is 0 Å². The molecule has 1 aromatic carbocycles. The lowest BCUT2D eigenvalue weighted by Crippen LogP contribution is -2.49. The zero-order valence-electron chi connectivity index (χ0n) is 20.3. The second-order valence-corrected chi connectivity index (χ2v) is 10.7. The molecule has 0 bridgehead atoms. The number of nitrogens with zero attached hydrogens (tertiary/aromatic N) is 3. The number of fused-ring (bicyclic) bond motifs is 1. The molecule has 3 fully saturated rings. The van der Waals surface area contributed by atoms with Gasteiger partial charge in [-0.15, -0.1) is 0 Å². The number of benzene rings is 1. The molecule has 3 aliphatic heterocycles. The molecule has 2 aromatic rings. The van der Waals surface area contributed by atoms with Crippen LogP contribution in [0.25, 0.3) is 10.9 Å². The molecule has 4 amide bonds. The molecule has 188 valence electrons. The number of halogens is 1. The van der Waals surface area contributed by atoms with Crippen molar-refractivity contribution in [1.82, 2.24) is 14.8 Å². The lowest BCUT2D eigenvalue weighted by atomic mass is 9.87. The summed E-state index contributed by atoms with van der Waals surface area (Å²) in [5, 5.41) is 3.05. The van der Waals surface area contributed by atoms with Gasteiger partial charge in [0.1, 0.15) is 11.4 Å². The third-order valence-corrected chi connectivity index (χ3v) is 7.04. The molecule has 10 heteroatoms. The highest BCUT2D eigenvalue weighted by molar-refractivity contribution is 6.06. The number of carbonyl (C=O) groups excluding carboxylic acids is 3. The van der Waals surface area contributed by atoms with Gasteiger partial charge < -0.3 is 18.9 Å². The van der Waals surface area contributed by atoms with Crippen LogP contribution < -0.4 is 10.2 Å². The van der Waals surface area contributed by atoms with E-state index in [9.17, 15) is 14.4 Å². The van der Waals surface area contributed by atoms with Gasteiger partial charge in [-0.05, 0) is 52.2 Å². The highest BCUT2D eigenvalue weighted by Gasteiger charge is 2.44. The van der Waals surface area contributed by atoms with Crippen molar-refractivity contribution in [3.63, 3.8) is 0 Å². The fraction of sp³-hybridized carbons (Fsp3) is 0.560. The van der Waals surface area contributed by atoms with Crippen LogP contribution >= 0.6 is 0 Å². The summed E-state index contributed by atoms with van der Waals surface area (Å²) in [6.07, 6.45) is 4.00. The molecular formula is C25H31FN4O5. The van der Waals surface area contributed by atoms with Crippen molar-refractivity contribution >= 4 is 34.6 Å². The van der Waals surface area contributed by atoms with Crippen molar-refractivity contribution in [3.8, 4) is 0 Å². The normalized spacial score (nSPS) is 22.7. The molecule has 35 heavy (non-hydrogen) atoms. The average Bonchev–Trinajstić information content (AvgIpc) is 3.37. The fourth-order valence-electron chi connectivity index (χ4n) is 5.26. The van der Waals surface area contributed by atoms with E-state index in [0.717, 1.165) is 30.2 Å². The summed E-state index contributed by atoms with van der Waals surface area (Å²) in [5.41, 5.74) is 0.0584. The molecule has 0 unspecified atom stereocenters. The van der Waals surface area contributed by atoms with E-state index < -0.39 is 17.4 Å². The molecule has 0 saturated carbocycles. The van der Waals surface area contributed by atoms with Crippen molar-refractivity contribution in [1.29, 1.82) is 0 Å². The number of hydrogen-bond donors (Lipinski definition) is 1.